The van der Waals surface area contributed by atoms with Crippen LogP contribution < -0.4 is 4.74 Å². The molecule has 0 N–H and O–H groups in total. The molecule has 22 heavy (non-hydrogen) atoms. The fraction of sp³-hybridized carbons (Fsp3) is 0.400. The van der Waals surface area contributed by atoms with Gasteiger partial charge in [-0.15, -0.1) is 0 Å². The van der Waals surface area contributed by atoms with Gasteiger partial charge in [0, 0.05) is 11.8 Å². The van der Waals surface area contributed by atoms with Crippen LogP contribution in [-0.4, -0.2) is 45.0 Å². The normalized spacial score (nSPS) is 14.8. The molecule has 0 radical (unpaired) electrons. The molecule has 0 aromatic carbocycles. The van der Waals surface area contributed by atoms with Crippen molar-refractivity contribution in [2.75, 3.05) is 13.1 Å². The molecule has 0 spiro atoms. The molecule has 2 aromatic rings. The van der Waals surface area contributed by atoms with Crippen molar-refractivity contribution < 1.29 is 13.9 Å². The van der Waals surface area contributed by atoms with Crippen LogP contribution in [0.25, 0.3) is 5.82 Å². The van der Waals surface area contributed by atoms with E-state index >= 15 is 0 Å². The van der Waals surface area contributed by atoms with E-state index in [1.54, 1.807) is 11.0 Å². The average molecular weight is 304 g/mol. The van der Waals surface area contributed by atoms with Gasteiger partial charge in [-0.2, -0.15) is 0 Å². The first-order chi connectivity index (χ1) is 10.5. The summed E-state index contributed by atoms with van der Waals surface area (Å²) in [6, 6.07) is 1.57. The lowest BCUT2D eigenvalue weighted by Gasteiger charge is -2.36. The maximum atomic E-state index is 13.9. The molecule has 0 bridgehead atoms. The summed E-state index contributed by atoms with van der Waals surface area (Å²) in [7, 11) is 0. The van der Waals surface area contributed by atoms with Crippen LogP contribution in [0.5, 0.6) is 5.75 Å². The predicted octanol–water partition coefficient (Wildman–Crippen LogP) is 1.55. The summed E-state index contributed by atoms with van der Waals surface area (Å²) in [4.78, 5) is 20.6. The molecule has 1 aliphatic rings. The van der Waals surface area contributed by atoms with Gasteiger partial charge in [-0.3, -0.25) is 9.36 Å². The second-order valence-corrected chi connectivity index (χ2v) is 5.44. The topological polar surface area (TPSA) is 60.2 Å². The maximum absolute atomic E-state index is 13.9. The SMILES string of the molecule is Cc1nc(C)n(-c2cc(OC3CN(C=O)C3)c(F)cn2)c1C. The number of nitrogens with zero attached hydrogens (tertiary/aromatic N) is 4. The van der Waals surface area contributed by atoms with Crippen LogP contribution in [0, 0.1) is 26.6 Å². The summed E-state index contributed by atoms with van der Waals surface area (Å²) >= 11 is 0. The molecule has 3 heterocycles. The lowest BCUT2D eigenvalue weighted by Crippen LogP contribution is -2.52. The molecule has 1 fully saturated rings. The van der Waals surface area contributed by atoms with Crippen molar-refractivity contribution in [1.82, 2.24) is 19.4 Å². The summed E-state index contributed by atoms with van der Waals surface area (Å²) in [6.45, 7) is 6.68. The molecule has 0 aliphatic carbocycles. The first-order valence-electron chi connectivity index (χ1n) is 7.04. The first kappa shape index (κ1) is 14.5. The van der Waals surface area contributed by atoms with E-state index in [0.717, 1.165) is 29.8 Å². The number of carbonyl (C=O) groups excluding carboxylic acids is 1. The minimum atomic E-state index is -0.513. The minimum absolute atomic E-state index is 0.144. The minimum Gasteiger partial charge on any atom is -0.483 e. The van der Waals surface area contributed by atoms with Gasteiger partial charge in [0.15, 0.2) is 11.6 Å². The zero-order valence-corrected chi connectivity index (χ0v) is 12.7. The fourth-order valence-corrected chi connectivity index (χ4v) is 2.55. The molecule has 1 saturated heterocycles. The molecule has 1 amide bonds. The second kappa shape index (κ2) is 5.40. The Kier molecular flexibility index (Phi) is 3.56. The maximum Gasteiger partial charge on any atom is 0.209 e. The summed E-state index contributed by atoms with van der Waals surface area (Å²) in [6.07, 6.45) is 1.73. The number of halogens is 1. The van der Waals surface area contributed by atoms with E-state index in [-0.39, 0.29) is 11.9 Å². The molecular formula is C15H17FN4O2. The Hall–Kier alpha value is -2.44. The van der Waals surface area contributed by atoms with Gasteiger partial charge in [-0.1, -0.05) is 0 Å². The summed E-state index contributed by atoms with van der Waals surface area (Å²) in [5.41, 5.74) is 1.87. The zero-order valence-electron chi connectivity index (χ0n) is 12.7. The highest BCUT2D eigenvalue weighted by molar-refractivity contribution is 5.49. The van der Waals surface area contributed by atoms with Crippen molar-refractivity contribution in [1.29, 1.82) is 0 Å². The van der Waals surface area contributed by atoms with E-state index in [2.05, 4.69) is 9.97 Å². The Morgan fingerprint density at radius 2 is 2.09 bits per heavy atom. The quantitative estimate of drug-likeness (QED) is 0.804. The summed E-state index contributed by atoms with van der Waals surface area (Å²) < 4.78 is 21.4. The number of pyridine rings is 1. The highest BCUT2D eigenvalue weighted by atomic mass is 19.1. The number of carbonyl (C=O) groups is 1. The van der Waals surface area contributed by atoms with Crippen molar-refractivity contribution in [3.63, 3.8) is 0 Å². The number of aromatic nitrogens is 3. The van der Waals surface area contributed by atoms with E-state index < -0.39 is 5.82 Å². The van der Waals surface area contributed by atoms with Crippen molar-refractivity contribution in [3.05, 3.63) is 35.3 Å². The molecule has 116 valence electrons. The van der Waals surface area contributed by atoms with Gasteiger partial charge in [-0.05, 0) is 20.8 Å². The third-order valence-electron chi connectivity index (χ3n) is 3.87. The van der Waals surface area contributed by atoms with Crippen molar-refractivity contribution in [2.45, 2.75) is 26.9 Å². The molecule has 0 atom stereocenters. The van der Waals surface area contributed by atoms with Crippen LogP contribution in [0.15, 0.2) is 12.3 Å². The number of aryl methyl sites for hydroxylation is 2. The molecule has 1 aliphatic heterocycles. The van der Waals surface area contributed by atoms with Gasteiger partial charge in [0.05, 0.1) is 25.0 Å². The summed E-state index contributed by atoms with van der Waals surface area (Å²) in [5, 5.41) is 0. The average Bonchev–Trinajstić information content (AvgIpc) is 2.69. The van der Waals surface area contributed by atoms with Gasteiger partial charge in [0.1, 0.15) is 17.7 Å². The monoisotopic (exact) mass is 304 g/mol. The third-order valence-corrected chi connectivity index (χ3v) is 3.87. The number of ether oxygens (including phenoxy) is 1. The van der Waals surface area contributed by atoms with E-state index in [9.17, 15) is 9.18 Å². The highest BCUT2D eigenvalue weighted by Crippen LogP contribution is 2.24. The standard InChI is InChI=1S/C15H17FN4O2/c1-9-10(2)20(11(3)18-9)15-4-14(13(16)5-17-15)22-12-6-19(7-12)8-21/h4-5,8,12H,6-7H2,1-3H3. The zero-order chi connectivity index (χ0) is 15.9. The molecule has 0 unspecified atom stereocenters. The van der Waals surface area contributed by atoms with Gasteiger partial charge in [0.25, 0.3) is 0 Å². The molecule has 6 nitrogen and oxygen atoms in total. The van der Waals surface area contributed by atoms with Crippen molar-refractivity contribution in [3.8, 4) is 11.6 Å². The molecule has 7 heteroatoms. The highest BCUT2D eigenvalue weighted by Gasteiger charge is 2.28. The fourth-order valence-electron chi connectivity index (χ4n) is 2.55. The first-order valence-corrected chi connectivity index (χ1v) is 7.04. The van der Waals surface area contributed by atoms with Crippen molar-refractivity contribution in [2.24, 2.45) is 0 Å². The molecule has 0 saturated carbocycles. The molecular weight excluding hydrogens is 287 g/mol. The van der Waals surface area contributed by atoms with Gasteiger partial charge >= 0.3 is 0 Å². The number of hydrogen-bond donors (Lipinski definition) is 0. The van der Waals surface area contributed by atoms with Gasteiger partial charge in [0.2, 0.25) is 6.41 Å². The van der Waals surface area contributed by atoms with E-state index in [1.807, 2.05) is 25.3 Å². The van der Waals surface area contributed by atoms with Crippen LogP contribution in [0.1, 0.15) is 17.2 Å². The Balaban J connectivity index is 1.88. The lowest BCUT2D eigenvalue weighted by atomic mass is 10.2. The molecule has 3 rings (SSSR count). The smallest absolute Gasteiger partial charge is 0.209 e. The van der Waals surface area contributed by atoms with E-state index in [1.165, 1.54) is 0 Å². The van der Waals surface area contributed by atoms with Crippen LogP contribution in [-0.2, 0) is 4.79 Å². The number of likely N-dealkylation sites (tertiary alicyclic amines) is 1. The van der Waals surface area contributed by atoms with E-state index in [0.29, 0.717) is 18.9 Å². The van der Waals surface area contributed by atoms with Crippen LogP contribution >= 0.6 is 0 Å². The number of hydrogen-bond acceptors (Lipinski definition) is 4. The largest absolute Gasteiger partial charge is 0.483 e. The lowest BCUT2D eigenvalue weighted by molar-refractivity contribution is -0.126. The Morgan fingerprint density at radius 3 is 2.68 bits per heavy atom. The van der Waals surface area contributed by atoms with Crippen LogP contribution in [0.4, 0.5) is 4.39 Å². The molecule has 2 aromatic heterocycles. The van der Waals surface area contributed by atoms with Crippen LogP contribution in [0.2, 0.25) is 0 Å². The van der Waals surface area contributed by atoms with E-state index in [4.69, 9.17) is 4.74 Å². The Bertz CT molecular complexity index is 723. The Morgan fingerprint density at radius 1 is 1.36 bits per heavy atom. The number of amides is 1. The number of imidazole rings is 1. The van der Waals surface area contributed by atoms with Crippen molar-refractivity contribution >= 4 is 6.41 Å². The van der Waals surface area contributed by atoms with Gasteiger partial charge in [-0.25, -0.2) is 14.4 Å². The van der Waals surface area contributed by atoms with Gasteiger partial charge < -0.3 is 9.64 Å². The van der Waals surface area contributed by atoms with Crippen LogP contribution in [0.3, 0.4) is 0 Å². The second-order valence-electron chi connectivity index (χ2n) is 5.44. The third kappa shape index (κ3) is 2.43. The summed E-state index contributed by atoms with van der Waals surface area (Å²) in [5.74, 6) is 0.987. The Labute approximate surface area is 127 Å². The predicted molar refractivity (Wildman–Crippen MR) is 77.6 cm³/mol. The number of rotatable bonds is 4.